The lowest BCUT2D eigenvalue weighted by molar-refractivity contribution is -0.278. The van der Waals surface area contributed by atoms with E-state index in [4.69, 9.17) is 9.47 Å². The highest BCUT2D eigenvalue weighted by Gasteiger charge is 2.61. The van der Waals surface area contributed by atoms with Gasteiger partial charge in [-0.3, -0.25) is 0 Å². The van der Waals surface area contributed by atoms with Crippen LogP contribution in [0.2, 0.25) is 0 Å². The second-order valence-electron chi connectivity index (χ2n) is 6.74. The van der Waals surface area contributed by atoms with Crippen molar-refractivity contribution in [2.75, 3.05) is 13.2 Å². The summed E-state index contributed by atoms with van der Waals surface area (Å²) < 4.78 is 12.2. The van der Waals surface area contributed by atoms with Gasteiger partial charge in [0.1, 0.15) is 0 Å². The van der Waals surface area contributed by atoms with E-state index in [-0.39, 0.29) is 16.6 Å². The van der Waals surface area contributed by atoms with Gasteiger partial charge in [0.15, 0.2) is 5.79 Å². The SMILES string of the molecule is CC1(C)C=CC[C@@]2(C)[C@@H]1CCCC21OCCO1. The van der Waals surface area contributed by atoms with Crippen molar-refractivity contribution in [1.82, 2.24) is 0 Å². The molecule has 1 aliphatic heterocycles. The molecule has 1 saturated heterocycles. The van der Waals surface area contributed by atoms with Crippen molar-refractivity contribution >= 4 is 0 Å². The number of hydrogen-bond acceptors (Lipinski definition) is 2. The van der Waals surface area contributed by atoms with Crippen molar-refractivity contribution in [3.63, 3.8) is 0 Å². The number of allylic oxidation sites excluding steroid dienone is 2. The largest absolute Gasteiger partial charge is 0.347 e. The third-order valence-corrected chi connectivity index (χ3v) is 5.38. The number of ether oxygens (including phenoxy) is 2. The monoisotopic (exact) mass is 236 g/mol. The van der Waals surface area contributed by atoms with Gasteiger partial charge in [0.25, 0.3) is 0 Å². The Morgan fingerprint density at radius 2 is 1.82 bits per heavy atom. The van der Waals surface area contributed by atoms with Crippen LogP contribution in [0.15, 0.2) is 12.2 Å². The average molecular weight is 236 g/mol. The minimum atomic E-state index is -0.294. The highest BCUT2D eigenvalue weighted by atomic mass is 16.7. The lowest BCUT2D eigenvalue weighted by Crippen LogP contribution is -2.58. The summed E-state index contributed by atoms with van der Waals surface area (Å²) in [6.07, 6.45) is 9.45. The van der Waals surface area contributed by atoms with Gasteiger partial charge in [0.2, 0.25) is 0 Å². The molecule has 0 aromatic heterocycles. The van der Waals surface area contributed by atoms with Crippen LogP contribution in [0.1, 0.15) is 46.5 Å². The molecule has 0 bridgehead atoms. The van der Waals surface area contributed by atoms with Crippen LogP contribution >= 0.6 is 0 Å². The lowest BCUT2D eigenvalue weighted by atomic mass is 9.51. The van der Waals surface area contributed by atoms with E-state index in [1.807, 2.05) is 0 Å². The van der Waals surface area contributed by atoms with Gasteiger partial charge in [-0.2, -0.15) is 0 Å². The summed E-state index contributed by atoms with van der Waals surface area (Å²) in [5, 5.41) is 0. The Morgan fingerprint density at radius 3 is 2.53 bits per heavy atom. The quantitative estimate of drug-likeness (QED) is 0.599. The molecule has 3 rings (SSSR count). The van der Waals surface area contributed by atoms with E-state index in [2.05, 4.69) is 32.9 Å². The highest BCUT2D eigenvalue weighted by molar-refractivity contribution is 5.16. The fraction of sp³-hybridized carbons (Fsp3) is 0.867. The highest BCUT2D eigenvalue weighted by Crippen LogP contribution is 2.61. The van der Waals surface area contributed by atoms with Gasteiger partial charge < -0.3 is 9.47 Å². The van der Waals surface area contributed by atoms with E-state index in [1.165, 1.54) is 12.8 Å². The maximum atomic E-state index is 6.09. The molecule has 0 aromatic rings. The maximum Gasteiger partial charge on any atom is 0.174 e. The molecule has 1 saturated carbocycles. The zero-order valence-electron chi connectivity index (χ0n) is 11.3. The van der Waals surface area contributed by atoms with E-state index in [1.54, 1.807) is 0 Å². The van der Waals surface area contributed by atoms with E-state index >= 15 is 0 Å². The Hall–Kier alpha value is -0.340. The number of fused-ring (bicyclic) bond motifs is 2. The average Bonchev–Trinajstić information content (AvgIpc) is 2.71. The molecule has 0 aromatic carbocycles. The number of hydrogen-bond donors (Lipinski definition) is 0. The standard InChI is InChI=1S/C15H24O2/c1-13(2)7-5-8-14(3)12(13)6-4-9-15(14)16-10-11-17-15/h5,7,12H,4,6,8-11H2,1-3H3/t12-,14+/m1/s1. The molecule has 1 heterocycles. The maximum absolute atomic E-state index is 6.09. The summed E-state index contributed by atoms with van der Waals surface area (Å²) in [6, 6.07) is 0. The minimum absolute atomic E-state index is 0.153. The van der Waals surface area contributed by atoms with Crippen LogP contribution in [0, 0.1) is 16.7 Å². The van der Waals surface area contributed by atoms with Crippen LogP contribution in [0.3, 0.4) is 0 Å². The van der Waals surface area contributed by atoms with Crippen LogP contribution in [-0.4, -0.2) is 19.0 Å². The summed E-state index contributed by atoms with van der Waals surface area (Å²) in [5.74, 6) is 0.379. The molecule has 0 N–H and O–H groups in total. The second kappa shape index (κ2) is 3.58. The van der Waals surface area contributed by atoms with Crippen LogP contribution in [0.25, 0.3) is 0 Å². The third kappa shape index (κ3) is 1.47. The predicted octanol–water partition coefficient (Wildman–Crippen LogP) is 3.52. The third-order valence-electron chi connectivity index (χ3n) is 5.38. The van der Waals surface area contributed by atoms with Gasteiger partial charge in [-0.05, 0) is 30.6 Å². The van der Waals surface area contributed by atoms with Crippen molar-refractivity contribution in [3.05, 3.63) is 12.2 Å². The first-order chi connectivity index (χ1) is 8.00. The fourth-order valence-electron chi connectivity index (χ4n) is 4.55. The van der Waals surface area contributed by atoms with E-state index < -0.39 is 0 Å². The van der Waals surface area contributed by atoms with E-state index in [9.17, 15) is 0 Å². The molecule has 17 heavy (non-hydrogen) atoms. The fourth-order valence-corrected chi connectivity index (χ4v) is 4.55. The van der Waals surface area contributed by atoms with Crippen LogP contribution in [0.5, 0.6) is 0 Å². The van der Waals surface area contributed by atoms with E-state index in [0.29, 0.717) is 5.92 Å². The van der Waals surface area contributed by atoms with E-state index in [0.717, 1.165) is 26.1 Å². The molecule has 0 amide bonds. The topological polar surface area (TPSA) is 18.5 Å². The van der Waals surface area contributed by atoms with Crippen molar-refractivity contribution in [3.8, 4) is 0 Å². The Balaban J connectivity index is 2.03. The molecule has 2 heteroatoms. The normalized spacial score (nSPS) is 42.6. The first kappa shape index (κ1) is 11.7. The summed E-state index contributed by atoms with van der Waals surface area (Å²) in [6.45, 7) is 8.64. The molecule has 96 valence electrons. The molecular weight excluding hydrogens is 212 g/mol. The van der Waals surface area contributed by atoms with Gasteiger partial charge in [0, 0.05) is 11.8 Å². The van der Waals surface area contributed by atoms with Crippen LogP contribution < -0.4 is 0 Å². The van der Waals surface area contributed by atoms with Gasteiger partial charge in [-0.15, -0.1) is 0 Å². The Labute approximate surface area is 104 Å². The molecule has 0 unspecified atom stereocenters. The predicted molar refractivity (Wildman–Crippen MR) is 67.6 cm³/mol. The molecule has 1 spiro atoms. The summed E-state index contributed by atoms with van der Waals surface area (Å²) >= 11 is 0. The van der Waals surface area contributed by atoms with Crippen molar-refractivity contribution in [1.29, 1.82) is 0 Å². The molecular formula is C15H24O2. The first-order valence-electron chi connectivity index (χ1n) is 6.96. The summed E-state index contributed by atoms with van der Waals surface area (Å²) in [5.41, 5.74) is 0.426. The van der Waals surface area contributed by atoms with Gasteiger partial charge in [-0.1, -0.05) is 32.9 Å². The second-order valence-corrected chi connectivity index (χ2v) is 6.74. The Bertz CT molecular complexity index is 339. The molecule has 2 aliphatic carbocycles. The summed E-state index contributed by atoms with van der Waals surface area (Å²) in [4.78, 5) is 0. The number of rotatable bonds is 0. The zero-order valence-corrected chi connectivity index (χ0v) is 11.3. The Morgan fingerprint density at radius 1 is 1.12 bits per heavy atom. The summed E-state index contributed by atoms with van der Waals surface area (Å²) in [7, 11) is 0. The van der Waals surface area contributed by atoms with Gasteiger partial charge in [-0.25, -0.2) is 0 Å². The smallest absolute Gasteiger partial charge is 0.174 e. The van der Waals surface area contributed by atoms with Crippen LogP contribution in [0.4, 0.5) is 0 Å². The molecule has 2 atom stereocenters. The van der Waals surface area contributed by atoms with Crippen LogP contribution in [-0.2, 0) is 9.47 Å². The minimum Gasteiger partial charge on any atom is -0.347 e. The van der Waals surface area contributed by atoms with Crippen molar-refractivity contribution < 1.29 is 9.47 Å². The van der Waals surface area contributed by atoms with Crippen molar-refractivity contribution in [2.45, 2.75) is 52.2 Å². The van der Waals surface area contributed by atoms with Crippen molar-refractivity contribution in [2.24, 2.45) is 16.7 Å². The molecule has 3 aliphatic rings. The first-order valence-corrected chi connectivity index (χ1v) is 6.96. The lowest BCUT2D eigenvalue weighted by Gasteiger charge is -2.58. The zero-order chi connectivity index (χ0) is 12.1. The molecule has 2 nitrogen and oxygen atoms in total. The van der Waals surface area contributed by atoms with Gasteiger partial charge in [0.05, 0.1) is 13.2 Å². The molecule has 2 fully saturated rings. The Kier molecular flexibility index (Phi) is 2.47. The molecule has 0 radical (unpaired) electrons. The van der Waals surface area contributed by atoms with Gasteiger partial charge >= 0.3 is 0 Å².